The van der Waals surface area contributed by atoms with Gasteiger partial charge in [0.1, 0.15) is 0 Å². The number of rotatable bonds is 7. The second-order valence-corrected chi connectivity index (χ2v) is 6.67. The van der Waals surface area contributed by atoms with Crippen molar-refractivity contribution in [1.29, 1.82) is 0 Å². The second-order valence-electron chi connectivity index (χ2n) is 5.10. The first-order valence-corrected chi connectivity index (χ1v) is 8.44. The largest absolute Gasteiger partial charge is 0.454 e. The van der Waals surface area contributed by atoms with Gasteiger partial charge in [0, 0.05) is 23.9 Å². The Morgan fingerprint density at radius 2 is 2.00 bits per heavy atom. The second kappa shape index (κ2) is 8.54. The van der Waals surface area contributed by atoms with Gasteiger partial charge >= 0.3 is 5.97 Å². The molecule has 26 heavy (non-hydrogen) atoms. The van der Waals surface area contributed by atoms with E-state index < -0.39 is 23.3 Å². The molecule has 8 nitrogen and oxygen atoms in total. The van der Waals surface area contributed by atoms with Crippen LogP contribution < -0.4 is 5.32 Å². The van der Waals surface area contributed by atoms with Gasteiger partial charge in [0.05, 0.1) is 26.9 Å². The number of hydrogen-bond donors (Lipinski definition) is 1. The molecule has 0 fully saturated rings. The Morgan fingerprint density at radius 1 is 1.27 bits per heavy atom. The topological polar surface area (TPSA) is 116 Å². The van der Waals surface area contributed by atoms with Crippen LogP contribution in [0.2, 0.25) is 5.02 Å². The zero-order valence-electron chi connectivity index (χ0n) is 13.5. The molecule has 0 aliphatic heterocycles. The molecule has 0 spiro atoms. The van der Waals surface area contributed by atoms with E-state index in [-0.39, 0.29) is 22.2 Å². The van der Waals surface area contributed by atoms with E-state index in [0.29, 0.717) is 11.4 Å². The monoisotopic (exact) mass is 396 g/mol. The summed E-state index contributed by atoms with van der Waals surface area (Å²) in [7, 11) is 0. The lowest BCUT2D eigenvalue weighted by Crippen LogP contribution is -2.18. The van der Waals surface area contributed by atoms with Crippen LogP contribution >= 0.6 is 22.9 Å². The first kappa shape index (κ1) is 19.5. The predicted molar refractivity (Wildman–Crippen MR) is 94.6 cm³/mol. The number of carbonyl (C=O) groups is 3. The Kier molecular flexibility index (Phi) is 6.42. The fraction of sp³-hybridized carbons (Fsp3) is 0.188. The van der Waals surface area contributed by atoms with Gasteiger partial charge in [-0.05, 0) is 18.2 Å². The zero-order valence-corrected chi connectivity index (χ0v) is 15.1. The van der Waals surface area contributed by atoms with Crippen molar-refractivity contribution >= 4 is 46.3 Å². The SMILES string of the molecule is CC(=O)NCc1ccc(C(=O)COC(=O)c2ccc([N+](=O)[O-])cc2Cl)s1. The van der Waals surface area contributed by atoms with Crippen molar-refractivity contribution in [1.82, 2.24) is 5.32 Å². The minimum atomic E-state index is -0.853. The maximum atomic E-state index is 12.1. The van der Waals surface area contributed by atoms with E-state index in [0.717, 1.165) is 17.0 Å². The number of thiophene rings is 1. The predicted octanol–water partition coefficient (Wildman–Crippen LogP) is 2.99. The Labute approximate surface area is 156 Å². The number of nitrogens with zero attached hydrogens (tertiary/aromatic N) is 1. The van der Waals surface area contributed by atoms with Crippen LogP contribution in [0.3, 0.4) is 0 Å². The van der Waals surface area contributed by atoms with E-state index in [1.165, 1.54) is 24.3 Å². The summed E-state index contributed by atoms with van der Waals surface area (Å²) in [5.41, 5.74) is -0.324. The number of hydrogen-bond acceptors (Lipinski definition) is 7. The molecule has 1 N–H and O–H groups in total. The molecular formula is C16H13ClN2O6S. The molecular weight excluding hydrogens is 384 g/mol. The maximum Gasteiger partial charge on any atom is 0.340 e. The molecule has 2 rings (SSSR count). The van der Waals surface area contributed by atoms with Crippen LogP contribution in [-0.2, 0) is 16.1 Å². The Hall–Kier alpha value is -2.78. The summed E-state index contributed by atoms with van der Waals surface area (Å²) >= 11 is 7.02. The number of amides is 1. The minimum Gasteiger partial charge on any atom is -0.454 e. The Balaban J connectivity index is 1.95. The molecule has 0 aliphatic carbocycles. The summed E-state index contributed by atoms with van der Waals surface area (Å²) < 4.78 is 4.93. The van der Waals surface area contributed by atoms with E-state index in [1.807, 2.05) is 0 Å². The fourth-order valence-corrected chi connectivity index (χ4v) is 3.02. The highest BCUT2D eigenvalue weighted by Gasteiger charge is 2.18. The summed E-state index contributed by atoms with van der Waals surface area (Å²) in [6.07, 6.45) is 0. The van der Waals surface area contributed by atoms with Gasteiger partial charge in [-0.2, -0.15) is 0 Å². The zero-order chi connectivity index (χ0) is 19.3. The van der Waals surface area contributed by atoms with Crippen molar-refractivity contribution in [2.24, 2.45) is 0 Å². The van der Waals surface area contributed by atoms with Gasteiger partial charge in [0.15, 0.2) is 6.61 Å². The minimum absolute atomic E-state index is 0.0670. The van der Waals surface area contributed by atoms with Crippen molar-refractivity contribution in [3.63, 3.8) is 0 Å². The summed E-state index contributed by atoms with van der Waals surface area (Å²) in [6, 6.07) is 6.61. The standard InChI is InChI=1S/C16H13ClN2O6S/c1-9(20)18-7-11-3-5-15(26-11)14(21)8-25-16(22)12-4-2-10(19(23)24)6-13(12)17/h2-6H,7-8H2,1H3,(H,18,20). The van der Waals surface area contributed by atoms with Crippen molar-refractivity contribution in [3.05, 3.63) is 60.8 Å². The van der Waals surface area contributed by atoms with Crippen LogP contribution in [0.15, 0.2) is 30.3 Å². The molecule has 0 atom stereocenters. The summed E-state index contributed by atoms with van der Waals surface area (Å²) in [6.45, 7) is 1.21. The Bertz CT molecular complexity index is 879. The molecule has 1 aromatic carbocycles. The molecule has 10 heteroatoms. The lowest BCUT2D eigenvalue weighted by atomic mass is 10.2. The number of non-ortho nitro benzene ring substituents is 1. The molecule has 0 bridgehead atoms. The average molecular weight is 397 g/mol. The van der Waals surface area contributed by atoms with Crippen molar-refractivity contribution < 1.29 is 24.0 Å². The number of nitro benzene ring substituents is 1. The number of nitro groups is 1. The maximum absolute atomic E-state index is 12.1. The number of ether oxygens (including phenoxy) is 1. The van der Waals surface area contributed by atoms with Crippen LogP contribution in [0.5, 0.6) is 0 Å². The molecule has 1 aromatic heterocycles. The lowest BCUT2D eigenvalue weighted by Gasteiger charge is -2.05. The van der Waals surface area contributed by atoms with Crippen LogP contribution in [0.1, 0.15) is 31.8 Å². The first-order valence-electron chi connectivity index (χ1n) is 7.25. The van der Waals surface area contributed by atoms with Crippen LogP contribution in [0.25, 0.3) is 0 Å². The van der Waals surface area contributed by atoms with E-state index in [1.54, 1.807) is 12.1 Å². The van der Waals surface area contributed by atoms with E-state index >= 15 is 0 Å². The van der Waals surface area contributed by atoms with Gasteiger partial charge in [0.25, 0.3) is 5.69 Å². The van der Waals surface area contributed by atoms with Gasteiger partial charge in [-0.25, -0.2) is 4.79 Å². The third-order valence-electron chi connectivity index (χ3n) is 3.17. The van der Waals surface area contributed by atoms with Gasteiger partial charge in [-0.1, -0.05) is 11.6 Å². The highest BCUT2D eigenvalue weighted by Crippen LogP contribution is 2.23. The van der Waals surface area contributed by atoms with E-state index in [2.05, 4.69) is 5.32 Å². The van der Waals surface area contributed by atoms with Gasteiger partial charge in [0.2, 0.25) is 11.7 Å². The third kappa shape index (κ3) is 5.11. The van der Waals surface area contributed by atoms with Crippen LogP contribution in [-0.4, -0.2) is 29.2 Å². The normalized spacial score (nSPS) is 10.2. The van der Waals surface area contributed by atoms with E-state index in [4.69, 9.17) is 16.3 Å². The third-order valence-corrected chi connectivity index (χ3v) is 4.60. The fourth-order valence-electron chi connectivity index (χ4n) is 1.90. The molecule has 0 saturated heterocycles. The Morgan fingerprint density at radius 3 is 2.62 bits per heavy atom. The van der Waals surface area contributed by atoms with Gasteiger partial charge in [-0.15, -0.1) is 11.3 Å². The first-order chi connectivity index (χ1) is 12.3. The number of carbonyl (C=O) groups excluding carboxylic acids is 3. The molecule has 0 unspecified atom stereocenters. The number of Topliss-reactive ketones (excluding diaryl/α,β-unsaturated/α-hetero) is 1. The van der Waals surface area contributed by atoms with E-state index in [9.17, 15) is 24.5 Å². The highest BCUT2D eigenvalue weighted by atomic mass is 35.5. The molecule has 1 amide bonds. The van der Waals surface area contributed by atoms with Gasteiger partial charge in [-0.3, -0.25) is 19.7 Å². The molecule has 2 aromatic rings. The van der Waals surface area contributed by atoms with Crippen molar-refractivity contribution in [2.75, 3.05) is 6.61 Å². The summed E-state index contributed by atoms with van der Waals surface area (Å²) in [5, 5.41) is 13.1. The lowest BCUT2D eigenvalue weighted by molar-refractivity contribution is -0.384. The molecule has 0 saturated carbocycles. The molecule has 0 aliphatic rings. The van der Waals surface area contributed by atoms with Gasteiger partial charge < -0.3 is 10.1 Å². The number of benzene rings is 1. The molecule has 136 valence electrons. The van der Waals surface area contributed by atoms with Crippen molar-refractivity contribution in [2.45, 2.75) is 13.5 Å². The van der Waals surface area contributed by atoms with Crippen LogP contribution in [0, 0.1) is 10.1 Å². The smallest absolute Gasteiger partial charge is 0.340 e. The summed E-state index contributed by atoms with van der Waals surface area (Å²) in [4.78, 5) is 46.1. The average Bonchev–Trinajstić information content (AvgIpc) is 3.06. The molecule has 0 radical (unpaired) electrons. The molecule has 1 heterocycles. The highest BCUT2D eigenvalue weighted by molar-refractivity contribution is 7.14. The number of halogens is 1. The number of nitrogens with one attached hydrogen (secondary N) is 1. The van der Waals surface area contributed by atoms with Crippen LogP contribution in [0.4, 0.5) is 5.69 Å². The number of ketones is 1. The summed E-state index contributed by atoms with van der Waals surface area (Å²) in [5.74, 6) is -1.44. The quantitative estimate of drug-likeness (QED) is 0.333. The van der Waals surface area contributed by atoms with Crippen molar-refractivity contribution in [3.8, 4) is 0 Å². The number of esters is 1.